The largest absolute Gasteiger partial charge is 0.357 e. The Bertz CT molecular complexity index is 581. The molecule has 118 valence electrons. The van der Waals surface area contributed by atoms with E-state index in [1.807, 2.05) is 36.2 Å². The number of thioether (sulfide) groups is 1. The third-order valence-electron chi connectivity index (χ3n) is 2.91. The Morgan fingerprint density at radius 2 is 2.27 bits per heavy atom. The molecule has 2 rings (SSSR count). The van der Waals surface area contributed by atoms with Crippen LogP contribution in [0.4, 0.5) is 0 Å². The fraction of sp³-hybridized carbons (Fsp3) is 0.400. The Labute approximate surface area is 135 Å². The first-order chi connectivity index (χ1) is 10.8. The summed E-state index contributed by atoms with van der Waals surface area (Å²) in [6.07, 6.45) is 7.50. The molecule has 0 spiro atoms. The predicted octanol–water partition coefficient (Wildman–Crippen LogP) is 1.69. The van der Waals surface area contributed by atoms with Crippen LogP contribution in [-0.2, 0) is 6.54 Å². The predicted molar refractivity (Wildman–Crippen MR) is 92.6 cm³/mol. The van der Waals surface area contributed by atoms with Crippen LogP contribution >= 0.6 is 11.8 Å². The molecule has 0 aliphatic heterocycles. The summed E-state index contributed by atoms with van der Waals surface area (Å²) in [5.74, 6) is 2.70. The number of pyridine rings is 1. The minimum absolute atomic E-state index is 0.603. The minimum atomic E-state index is 0.603. The van der Waals surface area contributed by atoms with E-state index in [-0.39, 0.29) is 0 Å². The van der Waals surface area contributed by atoms with Crippen LogP contribution in [0, 0.1) is 0 Å². The van der Waals surface area contributed by atoms with Gasteiger partial charge in [-0.15, -0.1) is 0 Å². The van der Waals surface area contributed by atoms with Crippen LogP contribution < -0.4 is 10.6 Å². The topological polar surface area (TPSA) is 67.1 Å². The summed E-state index contributed by atoms with van der Waals surface area (Å²) in [4.78, 5) is 8.93. The van der Waals surface area contributed by atoms with Crippen molar-refractivity contribution in [2.45, 2.75) is 13.5 Å². The Morgan fingerprint density at radius 1 is 1.36 bits per heavy atom. The molecular formula is C15H22N6S. The van der Waals surface area contributed by atoms with Crippen LogP contribution in [0.5, 0.6) is 0 Å². The van der Waals surface area contributed by atoms with Gasteiger partial charge in [-0.1, -0.05) is 0 Å². The monoisotopic (exact) mass is 318 g/mol. The molecule has 2 aromatic rings. The fourth-order valence-corrected chi connectivity index (χ4v) is 2.18. The molecule has 0 aromatic carbocycles. The highest BCUT2D eigenvalue weighted by Crippen LogP contribution is 2.07. The van der Waals surface area contributed by atoms with Gasteiger partial charge in [0.2, 0.25) is 0 Å². The molecule has 2 N–H and O–H groups in total. The fourth-order valence-electron chi connectivity index (χ4n) is 1.87. The van der Waals surface area contributed by atoms with Gasteiger partial charge in [0.25, 0.3) is 0 Å². The molecule has 2 aromatic heterocycles. The maximum Gasteiger partial charge on any atom is 0.191 e. The number of nitrogens with zero attached hydrogens (tertiary/aromatic N) is 4. The van der Waals surface area contributed by atoms with Gasteiger partial charge in [0.1, 0.15) is 0 Å². The quantitative estimate of drug-likeness (QED) is 0.462. The molecule has 0 aliphatic rings. The van der Waals surface area contributed by atoms with Gasteiger partial charge in [-0.3, -0.25) is 0 Å². The smallest absolute Gasteiger partial charge is 0.191 e. The van der Waals surface area contributed by atoms with Crippen molar-refractivity contribution in [3.05, 3.63) is 42.4 Å². The highest BCUT2D eigenvalue weighted by atomic mass is 32.2. The molecule has 22 heavy (non-hydrogen) atoms. The summed E-state index contributed by atoms with van der Waals surface area (Å²) in [5, 5.41) is 10.8. The highest BCUT2D eigenvalue weighted by molar-refractivity contribution is 7.98. The van der Waals surface area contributed by atoms with E-state index in [0.29, 0.717) is 6.54 Å². The number of aliphatic imine (C=N–C) groups is 1. The molecule has 0 aliphatic carbocycles. The molecule has 0 bridgehead atoms. The molecule has 0 fully saturated rings. The zero-order valence-corrected chi connectivity index (χ0v) is 13.8. The first-order valence-corrected chi connectivity index (χ1v) is 8.69. The number of hydrogen-bond donors (Lipinski definition) is 2. The van der Waals surface area contributed by atoms with E-state index in [1.165, 1.54) is 0 Å². The number of aromatic nitrogens is 3. The first-order valence-electron chi connectivity index (χ1n) is 7.29. The average molecular weight is 318 g/mol. The third-order valence-corrected chi connectivity index (χ3v) is 3.52. The maximum absolute atomic E-state index is 4.61. The van der Waals surface area contributed by atoms with Crippen molar-refractivity contribution in [3.63, 3.8) is 0 Å². The Balaban J connectivity index is 2.01. The van der Waals surface area contributed by atoms with Crippen LogP contribution in [0.3, 0.4) is 0 Å². The van der Waals surface area contributed by atoms with Gasteiger partial charge in [0.05, 0.1) is 6.54 Å². The SMILES string of the molecule is CCNC(=NCc1ccnc(-n2cccn2)c1)NCCSC. The van der Waals surface area contributed by atoms with Gasteiger partial charge >= 0.3 is 0 Å². The zero-order chi connectivity index (χ0) is 15.6. The van der Waals surface area contributed by atoms with Gasteiger partial charge in [-0.2, -0.15) is 16.9 Å². The second-order valence-electron chi connectivity index (χ2n) is 4.59. The summed E-state index contributed by atoms with van der Waals surface area (Å²) in [5.41, 5.74) is 1.10. The number of hydrogen-bond acceptors (Lipinski definition) is 4. The molecule has 0 amide bonds. The van der Waals surface area contributed by atoms with Gasteiger partial charge in [0, 0.05) is 37.4 Å². The van der Waals surface area contributed by atoms with Crippen LogP contribution in [-0.4, -0.2) is 45.8 Å². The average Bonchev–Trinajstić information content (AvgIpc) is 3.07. The lowest BCUT2D eigenvalue weighted by atomic mass is 10.2. The van der Waals surface area contributed by atoms with Crippen molar-refractivity contribution < 1.29 is 0 Å². The second-order valence-corrected chi connectivity index (χ2v) is 5.57. The highest BCUT2D eigenvalue weighted by Gasteiger charge is 2.01. The lowest BCUT2D eigenvalue weighted by Gasteiger charge is -2.10. The van der Waals surface area contributed by atoms with E-state index in [2.05, 4.69) is 38.9 Å². The van der Waals surface area contributed by atoms with Crippen molar-refractivity contribution in [1.82, 2.24) is 25.4 Å². The molecule has 2 heterocycles. The lowest BCUT2D eigenvalue weighted by Crippen LogP contribution is -2.38. The minimum Gasteiger partial charge on any atom is -0.357 e. The van der Waals surface area contributed by atoms with Crippen molar-refractivity contribution >= 4 is 17.7 Å². The summed E-state index contributed by atoms with van der Waals surface area (Å²) in [6.45, 7) is 4.42. The van der Waals surface area contributed by atoms with Crippen LogP contribution in [0.2, 0.25) is 0 Å². The third kappa shape index (κ3) is 5.07. The van der Waals surface area contributed by atoms with Crippen molar-refractivity contribution in [1.29, 1.82) is 0 Å². The summed E-state index contributed by atoms with van der Waals surface area (Å²) in [7, 11) is 0. The lowest BCUT2D eigenvalue weighted by molar-refractivity contribution is 0.831. The molecule has 6 nitrogen and oxygen atoms in total. The van der Waals surface area contributed by atoms with E-state index in [4.69, 9.17) is 0 Å². The Morgan fingerprint density at radius 3 is 3.00 bits per heavy atom. The van der Waals surface area contributed by atoms with Crippen molar-refractivity contribution in [2.24, 2.45) is 4.99 Å². The van der Waals surface area contributed by atoms with Crippen LogP contribution in [0.15, 0.2) is 41.8 Å². The van der Waals surface area contributed by atoms with E-state index in [9.17, 15) is 0 Å². The van der Waals surface area contributed by atoms with Crippen LogP contribution in [0.1, 0.15) is 12.5 Å². The van der Waals surface area contributed by atoms with E-state index >= 15 is 0 Å². The van der Waals surface area contributed by atoms with Gasteiger partial charge < -0.3 is 10.6 Å². The van der Waals surface area contributed by atoms with E-state index in [0.717, 1.165) is 36.2 Å². The molecule has 0 radical (unpaired) electrons. The van der Waals surface area contributed by atoms with Gasteiger partial charge in [0.15, 0.2) is 11.8 Å². The van der Waals surface area contributed by atoms with Crippen molar-refractivity contribution in [2.75, 3.05) is 25.1 Å². The van der Waals surface area contributed by atoms with Gasteiger partial charge in [-0.25, -0.2) is 14.7 Å². The number of nitrogens with one attached hydrogen (secondary N) is 2. The van der Waals surface area contributed by atoms with Crippen molar-refractivity contribution in [3.8, 4) is 5.82 Å². The zero-order valence-electron chi connectivity index (χ0n) is 13.0. The Hall–Kier alpha value is -2.02. The van der Waals surface area contributed by atoms with Crippen LogP contribution in [0.25, 0.3) is 5.82 Å². The molecule has 0 saturated heterocycles. The second kappa shape index (κ2) is 9.09. The number of guanidine groups is 1. The van der Waals surface area contributed by atoms with E-state index < -0.39 is 0 Å². The number of rotatable bonds is 7. The summed E-state index contributed by atoms with van der Waals surface area (Å²) in [6, 6.07) is 5.86. The molecule has 0 unspecified atom stereocenters. The standard InChI is InChI=1S/C15H22N6S/c1-3-16-15(18-8-10-22-2)19-12-13-5-7-17-14(11-13)21-9-4-6-20-21/h4-7,9,11H,3,8,10,12H2,1-2H3,(H2,16,18,19). The van der Waals surface area contributed by atoms with Gasteiger partial charge in [-0.05, 0) is 36.9 Å². The Kier molecular flexibility index (Phi) is 6.76. The normalized spacial score (nSPS) is 11.5. The molecule has 0 atom stereocenters. The summed E-state index contributed by atoms with van der Waals surface area (Å²) >= 11 is 1.81. The molecule has 0 saturated carbocycles. The molecule has 7 heteroatoms. The summed E-state index contributed by atoms with van der Waals surface area (Å²) < 4.78 is 1.75. The molecular weight excluding hydrogens is 296 g/mol. The first kappa shape index (κ1) is 16.4. The van der Waals surface area contributed by atoms with E-state index in [1.54, 1.807) is 17.1 Å². The maximum atomic E-state index is 4.61.